The van der Waals surface area contributed by atoms with E-state index in [1.807, 2.05) is 0 Å². The number of nitrogens with one attached hydrogen (secondary N) is 2. The van der Waals surface area contributed by atoms with Crippen molar-refractivity contribution in [3.63, 3.8) is 0 Å². The highest BCUT2D eigenvalue weighted by molar-refractivity contribution is 7.71. The maximum atomic E-state index is 13.1. The summed E-state index contributed by atoms with van der Waals surface area (Å²) in [4.78, 5) is 12.3. The topological polar surface area (TPSA) is 62.7 Å². The number of amides is 1. The molecule has 3 aromatic rings. The number of carbonyl (C=O) groups excluding carboxylic acids is 1. The molecule has 0 bridgehead atoms. The number of H-pyrrole nitrogens is 1. The van der Waals surface area contributed by atoms with E-state index in [1.54, 1.807) is 24.3 Å². The third-order valence-corrected chi connectivity index (χ3v) is 4.20. The summed E-state index contributed by atoms with van der Waals surface area (Å²) in [5.41, 5.74) is -0.856. The van der Waals surface area contributed by atoms with Gasteiger partial charge in [0, 0.05) is 5.02 Å². The standard InChI is InChI=1S/C17H12ClF3N4OS/c18-10-4-3-5-11(8-10)25-14(23-24-16(25)27)9-22-15(26)12-6-1-2-7-13(12)17(19,20)21/h1-8H,9H2,(H,22,26)(H,24,27). The second-order valence-corrected chi connectivity index (χ2v) is 6.31. The lowest BCUT2D eigenvalue weighted by Crippen LogP contribution is -2.27. The Kier molecular flexibility index (Phi) is 5.33. The molecule has 1 amide bonds. The first-order valence-corrected chi connectivity index (χ1v) is 8.42. The van der Waals surface area contributed by atoms with Gasteiger partial charge in [-0.3, -0.25) is 14.5 Å². The van der Waals surface area contributed by atoms with Gasteiger partial charge in [-0.2, -0.15) is 18.3 Å². The molecule has 10 heteroatoms. The van der Waals surface area contributed by atoms with Crippen LogP contribution in [0.3, 0.4) is 0 Å². The van der Waals surface area contributed by atoms with Crippen LogP contribution >= 0.6 is 23.8 Å². The SMILES string of the molecule is O=C(NCc1n[nH]c(=S)n1-c1cccc(Cl)c1)c1ccccc1C(F)(F)F. The van der Waals surface area contributed by atoms with Crippen molar-refractivity contribution < 1.29 is 18.0 Å². The molecule has 3 rings (SSSR count). The minimum absolute atomic E-state index is 0.134. The van der Waals surface area contributed by atoms with Gasteiger partial charge in [0.1, 0.15) is 0 Å². The fourth-order valence-corrected chi connectivity index (χ4v) is 2.95. The summed E-state index contributed by atoms with van der Waals surface area (Å²) >= 11 is 11.2. The highest BCUT2D eigenvalue weighted by Crippen LogP contribution is 2.31. The monoisotopic (exact) mass is 412 g/mol. The summed E-state index contributed by atoms with van der Waals surface area (Å²) in [5, 5.41) is 9.54. The van der Waals surface area contributed by atoms with Gasteiger partial charge in [0.05, 0.1) is 23.4 Å². The fourth-order valence-electron chi connectivity index (χ4n) is 2.51. The summed E-state index contributed by atoms with van der Waals surface area (Å²) in [6.45, 7) is -0.134. The largest absolute Gasteiger partial charge is 0.417 e. The number of aromatic amines is 1. The molecule has 0 saturated carbocycles. The molecule has 0 unspecified atom stereocenters. The smallest absolute Gasteiger partial charge is 0.345 e. The predicted molar refractivity (Wildman–Crippen MR) is 96.4 cm³/mol. The first kappa shape index (κ1) is 19.1. The van der Waals surface area contributed by atoms with Gasteiger partial charge in [-0.15, -0.1) is 0 Å². The van der Waals surface area contributed by atoms with Crippen LogP contribution in [0.4, 0.5) is 13.2 Å². The minimum Gasteiger partial charge on any atom is -0.345 e. The lowest BCUT2D eigenvalue weighted by atomic mass is 10.1. The fraction of sp³-hybridized carbons (Fsp3) is 0.118. The van der Waals surface area contributed by atoms with Crippen molar-refractivity contribution in [2.75, 3.05) is 0 Å². The van der Waals surface area contributed by atoms with Gasteiger partial charge in [0.25, 0.3) is 5.91 Å². The Hall–Kier alpha value is -2.65. The molecule has 1 heterocycles. The second kappa shape index (κ2) is 7.53. The zero-order chi connectivity index (χ0) is 19.6. The van der Waals surface area contributed by atoms with Crippen molar-refractivity contribution >= 4 is 29.7 Å². The Balaban J connectivity index is 1.85. The van der Waals surface area contributed by atoms with Crippen molar-refractivity contribution in [3.8, 4) is 5.69 Å². The van der Waals surface area contributed by atoms with Crippen LogP contribution in [-0.2, 0) is 12.7 Å². The number of hydrogen-bond donors (Lipinski definition) is 2. The van der Waals surface area contributed by atoms with Gasteiger partial charge in [-0.1, -0.05) is 29.8 Å². The predicted octanol–water partition coefficient (Wildman–Crippen LogP) is 4.53. The average molecular weight is 413 g/mol. The molecular formula is C17H12ClF3N4OS. The molecule has 0 fully saturated rings. The molecule has 0 spiro atoms. The number of nitrogens with zero attached hydrogens (tertiary/aromatic N) is 2. The molecule has 2 aromatic carbocycles. The van der Waals surface area contributed by atoms with Crippen molar-refractivity contribution in [3.05, 3.63) is 75.3 Å². The van der Waals surface area contributed by atoms with Gasteiger partial charge >= 0.3 is 6.18 Å². The Bertz CT molecular complexity index is 1040. The van der Waals surface area contributed by atoms with Gasteiger partial charge < -0.3 is 5.32 Å². The van der Waals surface area contributed by atoms with Crippen LogP contribution in [-0.4, -0.2) is 20.7 Å². The maximum Gasteiger partial charge on any atom is 0.417 e. The summed E-state index contributed by atoms with van der Waals surface area (Å²) in [6, 6.07) is 11.4. The van der Waals surface area contributed by atoms with Crippen molar-refractivity contribution in [1.82, 2.24) is 20.1 Å². The number of aromatic nitrogens is 3. The average Bonchev–Trinajstić information content (AvgIpc) is 2.99. The van der Waals surface area contributed by atoms with E-state index in [0.717, 1.165) is 12.1 Å². The minimum atomic E-state index is -4.63. The van der Waals surface area contributed by atoms with Crippen LogP contribution in [0.5, 0.6) is 0 Å². The summed E-state index contributed by atoms with van der Waals surface area (Å²) in [5.74, 6) is -0.547. The Morgan fingerprint density at radius 3 is 2.67 bits per heavy atom. The second-order valence-electron chi connectivity index (χ2n) is 5.49. The number of rotatable bonds is 4. The third-order valence-electron chi connectivity index (χ3n) is 3.69. The Morgan fingerprint density at radius 1 is 1.22 bits per heavy atom. The van der Waals surface area contributed by atoms with Gasteiger partial charge in [0.15, 0.2) is 10.6 Å². The molecule has 0 saturated heterocycles. The molecule has 2 N–H and O–H groups in total. The van der Waals surface area contributed by atoms with Crippen molar-refractivity contribution in [2.45, 2.75) is 12.7 Å². The van der Waals surface area contributed by atoms with E-state index < -0.39 is 23.2 Å². The Morgan fingerprint density at radius 2 is 1.96 bits per heavy atom. The van der Waals surface area contributed by atoms with Crippen LogP contribution in [0.2, 0.25) is 5.02 Å². The van der Waals surface area contributed by atoms with E-state index in [4.69, 9.17) is 23.8 Å². The van der Waals surface area contributed by atoms with E-state index in [0.29, 0.717) is 16.5 Å². The zero-order valence-electron chi connectivity index (χ0n) is 13.5. The zero-order valence-corrected chi connectivity index (χ0v) is 15.1. The van der Waals surface area contributed by atoms with E-state index in [2.05, 4.69) is 15.5 Å². The molecule has 5 nitrogen and oxygen atoms in total. The summed E-state index contributed by atoms with van der Waals surface area (Å²) in [7, 11) is 0. The van der Waals surface area contributed by atoms with Crippen LogP contribution in [0.25, 0.3) is 5.69 Å². The first-order valence-electron chi connectivity index (χ1n) is 7.64. The van der Waals surface area contributed by atoms with Gasteiger partial charge in [-0.25, -0.2) is 0 Å². The quantitative estimate of drug-likeness (QED) is 0.619. The van der Waals surface area contributed by atoms with Crippen LogP contribution in [0.1, 0.15) is 21.7 Å². The lowest BCUT2D eigenvalue weighted by Gasteiger charge is -2.13. The molecule has 1 aromatic heterocycles. The molecule has 0 aliphatic heterocycles. The van der Waals surface area contributed by atoms with Gasteiger partial charge in [-0.05, 0) is 42.5 Å². The molecule has 27 heavy (non-hydrogen) atoms. The maximum absolute atomic E-state index is 13.1. The van der Waals surface area contributed by atoms with Crippen molar-refractivity contribution in [1.29, 1.82) is 0 Å². The number of benzene rings is 2. The lowest BCUT2D eigenvalue weighted by molar-refractivity contribution is -0.137. The third kappa shape index (κ3) is 4.20. The first-order chi connectivity index (χ1) is 12.8. The van der Waals surface area contributed by atoms with Crippen LogP contribution in [0.15, 0.2) is 48.5 Å². The van der Waals surface area contributed by atoms with Gasteiger partial charge in [0.2, 0.25) is 0 Å². The summed E-state index contributed by atoms with van der Waals surface area (Å²) < 4.78 is 41.0. The van der Waals surface area contributed by atoms with E-state index in [9.17, 15) is 18.0 Å². The molecule has 0 atom stereocenters. The molecule has 140 valence electrons. The highest BCUT2D eigenvalue weighted by Gasteiger charge is 2.34. The number of hydrogen-bond acceptors (Lipinski definition) is 3. The number of halogens is 4. The number of carbonyl (C=O) groups is 1. The van der Waals surface area contributed by atoms with Crippen LogP contribution in [0, 0.1) is 4.77 Å². The molecule has 0 aliphatic rings. The summed E-state index contributed by atoms with van der Waals surface area (Å²) in [6.07, 6.45) is -4.63. The van der Waals surface area contributed by atoms with E-state index in [-0.39, 0.29) is 11.3 Å². The van der Waals surface area contributed by atoms with Crippen LogP contribution < -0.4 is 5.32 Å². The number of alkyl halides is 3. The molecule has 0 radical (unpaired) electrons. The Labute approximate surface area is 161 Å². The van der Waals surface area contributed by atoms with Crippen molar-refractivity contribution in [2.24, 2.45) is 0 Å². The van der Waals surface area contributed by atoms with E-state index >= 15 is 0 Å². The molecule has 0 aliphatic carbocycles. The molecular weight excluding hydrogens is 401 g/mol. The van der Waals surface area contributed by atoms with E-state index in [1.165, 1.54) is 16.7 Å². The highest BCUT2D eigenvalue weighted by atomic mass is 35.5. The normalized spacial score (nSPS) is 11.4.